The average molecular weight is 307 g/mol. The van der Waals surface area contributed by atoms with Gasteiger partial charge in [-0.3, -0.25) is 0 Å². The second-order valence-corrected chi connectivity index (χ2v) is 4.94. The van der Waals surface area contributed by atoms with Crippen LogP contribution < -0.4 is 23.4 Å². The molecule has 0 unspecified atom stereocenters. The Morgan fingerprint density at radius 3 is 2.00 bits per heavy atom. The Morgan fingerprint density at radius 2 is 1.63 bits per heavy atom. The maximum absolute atomic E-state index is 8.49. The van der Waals surface area contributed by atoms with Crippen LogP contribution in [0.4, 0.5) is 0 Å². The van der Waals surface area contributed by atoms with Crippen LogP contribution in [0.5, 0.6) is 5.75 Å². The lowest BCUT2D eigenvalue weighted by molar-refractivity contribution is -2.00. The summed E-state index contributed by atoms with van der Waals surface area (Å²) in [6.45, 7) is 1.95. The van der Waals surface area contributed by atoms with Gasteiger partial charge < -0.3 is 4.74 Å². The summed E-state index contributed by atoms with van der Waals surface area (Å²) in [5.41, 5.74) is 1.09. The van der Waals surface area contributed by atoms with Crippen molar-refractivity contribution in [2.75, 3.05) is 7.11 Å². The van der Waals surface area contributed by atoms with Gasteiger partial charge in [-0.2, -0.15) is 0 Å². The normalized spacial score (nSPS) is 10.6. The SMILES string of the molecule is COc1ccc(-c2[o+]c(C)cs2)cc1.[O-][Cl+3]([O-])([O-])[O-]. The number of halogens is 1. The molecule has 0 aliphatic carbocycles. The maximum atomic E-state index is 8.49. The van der Waals surface area contributed by atoms with Gasteiger partial charge in [0.05, 0.1) is 25.0 Å². The fraction of sp³-hybridized carbons (Fsp3) is 0.182. The van der Waals surface area contributed by atoms with Crippen LogP contribution in [-0.2, 0) is 0 Å². The highest BCUT2D eigenvalue weighted by molar-refractivity contribution is 7.12. The van der Waals surface area contributed by atoms with Gasteiger partial charge in [-0.1, -0.05) is 0 Å². The second kappa shape index (κ2) is 6.80. The summed E-state index contributed by atoms with van der Waals surface area (Å²) in [7, 11) is -3.28. The predicted octanol–water partition coefficient (Wildman–Crippen LogP) is -1.15. The molecule has 0 N–H and O–H groups in total. The summed E-state index contributed by atoms with van der Waals surface area (Å²) in [5.74, 6) is 1.81. The molecule has 0 saturated carbocycles. The predicted molar refractivity (Wildman–Crippen MR) is 57.7 cm³/mol. The van der Waals surface area contributed by atoms with E-state index in [4.69, 9.17) is 27.8 Å². The monoisotopic (exact) mass is 306 g/mol. The summed E-state index contributed by atoms with van der Waals surface area (Å²) < 4.78 is 44.6. The first-order chi connectivity index (χ1) is 8.79. The van der Waals surface area contributed by atoms with E-state index in [0.717, 1.165) is 22.1 Å². The van der Waals surface area contributed by atoms with E-state index in [0.29, 0.717) is 0 Å². The number of hydrogen-bond donors (Lipinski definition) is 0. The molecule has 0 spiro atoms. The minimum absolute atomic E-state index is 0.863. The molecule has 1 aromatic heterocycles. The number of rotatable bonds is 2. The van der Waals surface area contributed by atoms with Gasteiger partial charge in [-0.05, 0) is 35.6 Å². The first-order valence-electron chi connectivity index (χ1n) is 4.94. The highest BCUT2D eigenvalue weighted by Gasteiger charge is 2.15. The summed E-state index contributed by atoms with van der Waals surface area (Å²) >= 11 is 1.61. The highest BCUT2D eigenvalue weighted by atomic mass is 35.7. The molecule has 0 aliphatic heterocycles. The quantitative estimate of drug-likeness (QED) is 0.647. The summed E-state index contributed by atoms with van der Waals surface area (Å²) in [6, 6.07) is 7.85. The minimum atomic E-state index is -4.94. The molecule has 1 aromatic carbocycles. The van der Waals surface area contributed by atoms with Crippen molar-refractivity contribution in [3.63, 3.8) is 0 Å². The van der Waals surface area contributed by atoms with Gasteiger partial charge in [0.2, 0.25) is 0 Å². The third kappa shape index (κ3) is 6.48. The Bertz CT molecular complexity index is 499. The molecule has 0 bridgehead atoms. The van der Waals surface area contributed by atoms with Crippen LogP contribution in [-0.4, -0.2) is 7.11 Å². The van der Waals surface area contributed by atoms with Crippen LogP contribution in [0.15, 0.2) is 34.1 Å². The van der Waals surface area contributed by atoms with Crippen molar-refractivity contribution in [1.29, 1.82) is 0 Å². The van der Waals surface area contributed by atoms with Gasteiger partial charge in [0.25, 0.3) is 0 Å². The number of benzene rings is 1. The Morgan fingerprint density at radius 1 is 1.11 bits per heavy atom. The van der Waals surface area contributed by atoms with Crippen LogP contribution in [0.2, 0.25) is 0 Å². The van der Waals surface area contributed by atoms with E-state index in [1.807, 2.05) is 36.6 Å². The minimum Gasteiger partial charge on any atom is -0.497 e. The van der Waals surface area contributed by atoms with Crippen LogP contribution >= 0.6 is 11.3 Å². The standard InChI is InChI=1S/C11H11O2S.ClHO4/c1-8-7-14-11(13-8)9-3-5-10(12-2)6-4-9;2-1(3,4)5/h3-7H,1-2H3;(H,2,3,4,5)/q+1;/p-1. The molecule has 0 aliphatic rings. The second-order valence-electron chi connectivity index (χ2n) is 3.34. The van der Waals surface area contributed by atoms with Crippen LogP contribution in [0.25, 0.3) is 10.6 Å². The molecular weight excluding hydrogens is 296 g/mol. The topological polar surface area (TPSA) is 113 Å². The zero-order chi connectivity index (χ0) is 14.5. The van der Waals surface area contributed by atoms with E-state index in [1.165, 1.54) is 0 Å². The number of hydrogen-bond acceptors (Lipinski definition) is 6. The average Bonchev–Trinajstić information content (AvgIpc) is 2.74. The zero-order valence-electron chi connectivity index (χ0n) is 10.1. The first kappa shape index (κ1) is 15.8. The smallest absolute Gasteiger partial charge is 0.417 e. The third-order valence-electron chi connectivity index (χ3n) is 1.91. The molecule has 0 amide bonds. The Balaban J connectivity index is 0.000000312. The molecule has 2 rings (SSSR count). The molecule has 0 atom stereocenters. The molecule has 6 nitrogen and oxygen atoms in total. The largest absolute Gasteiger partial charge is 0.497 e. The van der Waals surface area contributed by atoms with E-state index in [2.05, 4.69) is 0 Å². The van der Waals surface area contributed by atoms with Gasteiger partial charge in [0.15, 0.2) is 0 Å². The zero-order valence-corrected chi connectivity index (χ0v) is 11.7. The van der Waals surface area contributed by atoms with E-state index in [-0.39, 0.29) is 0 Å². The van der Waals surface area contributed by atoms with Gasteiger partial charge in [0, 0.05) is 0 Å². The Hall–Kier alpha value is -1.22. The molecule has 1 heterocycles. The molecule has 2 aromatic rings. The lowest BCUT2D eigenvalue weighted by atomic mass is 10.2. The fourth-order valence-corrected chi connectivity index (χ4v) is 1.96. The van der Waals surface area contributed by atoms with Crippen molar-refractivity contribution in [3.05, 3.63) is 35.4 Å². The fourth-order valence-electron chi connectivity index (χ4n) is 1.18. The summed E-state index contributed by atoms with van der Waals surface area (Å²) in [6.07, 6.45) is 0. The van der Waals surface area contributed by atoms with Crippen LogP contribution in [0, 0.1) is 17.2 Å². The number of aryl methyl sites for hydroxylation is 1. The molecule has 8 heteroatoms. The highest BCUT2D eigenvalue weighted by Crippen LogP contribution is 2.28. The summed E-state index contributed by atoms with van der Waals surface area (Å²) in [5, 5.41) is 2.93. The summed E-state index contributed by atoms with van der Waals surface area (Å²) in [4.78, 5) is 0. The van der Waals surface area contributed by atoms with Crippen LogP contribution in [0.1, 0.15) is 5.76 Å². The Labute approximate surface area is 115 Å². The molecule has 0 radical (unpaired) electrons. The van der Waals surface area contributed by atoms with Crippen molar-refractivity contribution in [3.8, 4) is 16.4 Å². The molecule has 19 heavy (non-hydrogen) atoms. The van der Waals surface area contributed by atoms with Gasteiger partial charge in [-0.15, -0.1) is 10.2 Å². The van der Waals surface area contributed by atoms with Crippen LogP contribution in [0.3, 0.4) is 0 Å². The van der Waals surface area contributed by atoms with Crippen molar-refractivity contribution < 1.29 is 38.0 Å². The number of methoxy groups -OCH3 is 1. The first-order valence-corrected chi connectivity index (χ1v) is 7.05. The van der Waals surface area contributed by atoms with E-state index in [9.17, 15) is 0 Å². The van der Waals surface area contributed by atoms with Gasteiger partial charge >= 0.3 is 10.8 Å². The lowest BCUT2D eigenvalue weighted by Crippen LogP contribution is -2.68. The van der Waals surface area contributed by atoms with Crippen molar-refractivity contribution in [2.45, 2.75) is 6.92 Å². The van der Waals surface area contributed by atoms with Crippen molar-refractivity contribution >= 4 is 11.3 Å². The lowest BCUT2D eigenvalue weighted by Gasteiger charge is -2.17. The van der Waals surface area contributed by atoms with E-state index in [1.54, 1.807) is 18.4 Å². The third-order valence-corrected chi connectivity index (χ3v) is 2.89. The van der Waals surface area contributed by atoms with Crippen molar-refractivity contribution in [2.24, 2.45) is 0 Å². The van der Waals surface area contributed by atoms with Crippen molar-refractivity contribution in [1.82, 2.24) is 0 Å². The van der Waals surface area contributed by atoms with Gasteiger partial charge in [-0.25, -0.2) is 23.1 Å². The maximum Gasteiger partial charge on any atom is 0.417 e. The van der Waals surface area contributed by atoms with E-state index >= 15 is 0 Å². The van der Waals surface area contributed by atoms with E-state index < -0.39 is 10.2 Å². The van der Waals surface area contributed by atoms with Gasteiger partial charge in [0.1, 0.15) is 5.75 Å². The Kier molecular flexibility index (Phi) is 5.67. The molecular formula is C11H11ClO6S. The molecule has 0 fully saturated rings. The number of ether oxygens (including phenoxy) is 1. The molecule has 0 saturated heterocycles. The molecule has 104 valence electrons.